The molecule has 0 aromatic rings. The Labute approximate surface area is 84.2 Å². The molecule has 1 aliphatic rings. The minimum absolute atomic E-state index is 0.142. The number of nitrogens with two attached hydrogens (primary N) is 1. The van der Waals surface area contributed by atoms with E-state index >= 15 is 0 Å². The van der Waals surface area contributed by atoms with Crippen molar-refractivity contribution in [2.75, 3.05) is 6.54 Å². The van der Waals surface area contributed by atoms with E-state index in [0.29, 0.717) is 5.84 Å². The molecule has 1 heterocycles. The lowest BCUT2D eigenvalue weighted by Gasteiger charge is -2.33. The van der Waals surface area contributed by atoms with Gasteiger partial charge in [0.25, 0.3) is 0 Å². The van der Waals surface area contributed by atoms with E-state index in [2.05, 4.69) is 10.9 Å². The number of rotatable bonds is 1. The fourth-order valence-corrected chi connectivity index (χ4v) is 1.67. The minimum Gasteiger partial charge on any atom is -0.385 e. The topological polar surface area (TPSA) is 58.7 Å². The molecule has 1 atom stereocenters. The second-order valence-electron chi connectivity index (χ2n) is 4.42. The molecule has 1 rings (SSSR count). The predicted octanol–water partition coefficient (Wildman–Crippen LogP) is 0.827. The molecule has 76 valence electrons. The van der Waals surface area contributed by atoms with E-state index in [1.54, 1.807) is 0 Å². The van der Waals surface area contributed by atoms with Crippen molar-refractivity contribution < 1.29 is 4.79 Å². The van der Waals surface area contributed by atoms with Gasteiger partial charge in [-0.15, -0.1) is 6.42 Å². The third kappa shape index (κ3) is 1.72. The number of carbonyl (C=O) groups excluding carboxylic acids is 1. The van der Waals surface area contributed by atoms with Gasteiger partial charge >= 0.3 is 6.03 Å². The highest BCUT2D eigenvalue weighted by atomic mass is 16.2. The average molecular weight is 193 g/mol. The quantitative estimate of drug-likeness (QED) is 0.627. The third-order valence-electron chi connectivity index (χ3n) is 2.14. The first-order chi connectivity index (χ1) is 6.38. The van der Waals surface area contributed by atoms with Crippen LogP contribution in [0, 0.1) is 17.8 Å². The Morgan fingerprint density at radius 1 is 1.64 bits per heavy atom. The van der Waals surface area contributed by atoms with E-state index in [-0.39, 0.29) is 24.0 Å². The zero-order chi connectivity index (χ0) is 10.9. The van der Waals surface area contributed by atoms with Gasteiger partial charge < -0.3 is 10.6 Å². The summed E-state index contributed by atoms with van der Waals surface area (Å²) in [6.07, 6.45) is 5.19. The largest absolute Gasteiger partial charge is 0.385 e. The summed E-state index contributed by atoms with van der Waals surface area (Å²) >= 11 is 0. The number of carbonyl (C=O) groups is 1. The van der Waals surface area contributed by atoms with Gasteiger partial charge in [0.1, 0.15) is 5.84 Å². The Hall–Kier alpha value is -1.50. The van der Waals surface area contributed by atoms with Crippen molar-refractivity contribution in [1.82, 2.24) is 4.90 Å². The third-order valence-corrected chi connectivity index (χ3v) is 2.14. The monoisotopic (exact) mass is 193 g/mol. The summed E-state index contributed by atoms with van der Waals surface area (Å²) in [6.45, 7) is 6.26. The van der Waals surface area contributed by atoms with Gasteiger partial charge in [-0.25, -0.2) is 4.79 Å². The Kier molecular flexibility index (Phi) is 2.52. The predicted molar refractivity (Wildman–Crippen MR) is 55.8 cm³/mol. The van der Waals surface area contributed by atoms with Gasteiger partial charge in [-0.05, 0) is 5.41 Å². The number of amidine groups is 1. The minimum atomic E-state index is -0.333. The Morgan fingerprint density at radius 3 is 2.64 bits per heavy atom. The average Bonchev–Trinajstić information content (AvgIpc) is 2.26. The lowest BCUT2D eigenvalue weighted by molar-refractivity contribution is 0.178. The molecule has 0 aromatic heterocycles. The molecule has 0 spiro atoms. The molecular weight excluding hydrogens is 178 g/mol. The Balaban J connectivity index is 2.97. The van der Waals surface area contributed by atoms with Crippen LogP contribution in [0.3, 0.4) is 0 Å². The summed E-state index contributed by atoms with van der Waals surface area (Å²) in [5, 5.41) is 0. The van der Waals surface area contributed by atoms with Crippen LogP contribution in [0.4, 0.5) is 4.79 Å². The fourth-order valence-electron chi connectivity index (χ4n) is 1.67. The summed E-state index contributed by atoms with van der Waals surface area (Å²) in [5.74, 6) is 2.80. The van der Waals surface area contributed by atoms with Crippen LogP contribution >= 0.6 is 0 Å². The first-order valence-electron chi connectivity index (χ1n) is 4.46. The summed E-state index contributed by atoms with van der Waals surface area (Å²) in [6, 6.07) is -0.522. The highest BCUT2D eigenvalue weighted by molar-refractivity contribution is 6.03. The number of terminal acetylenes is 1. The first kappa shape index (κ1) is 10.6. The van der Waals surface area contributed by atoms with Crippen molar-refractivity contribution in [2.24, 2.45) is 16.1 Å². The molecule has 0 bridgehead atoms. The second kappa shape index (κ2) is 3.33. The van der Waals surface area contributed by atoms with Crippen LogP contribution in [0.25, 0.3) is 0 Å². The number of hydrogen-bond donors (Lipinski definition) is 1. The van der Waals surface area contributed by atoms with Crippen LogP contribution in [0.2, 0.25) is 0 Å². The molecule has 2 N–H and O–H groups in total. The highest BCUT2D eigenvalue weighted by Crippen LogP contribution is 2.28. The van der Waals surface area contributed by atoms with E-state index in [1.165, 1.54) is 4.90 Å². The van der Waals surface area contributed by atoms with Crippen LogP contribution < -0.4 is 5.73 Å². The molecule has 14 heavy (non-hydrogen) atoms. The van der Waals surface area contributed by atoms with Crippen LogP contribution in [0.15, 0.2) is 4.99 Å². The van der Waals surface area contributed by atoms with E-state index in [1.807, 2.05) is 20.8 Å². The summed E-state index contributed by atoms with van der Waals surface area (Å²) in [4.78, 5) is 16.6. The summed E-state index contributed by atoms with van der Waals surface area (Å²) < 4.78 is 0. The van der Waals surface area contributed by atoms with E-state index in [0.717, 1.165) is 0 Å². The maximum Gasteiger partial charge on any atom is 0.346 e. The fraction of sp³-hybridized carbons (Fsp3) is 0.600. The second-order valence-corrected chi connectivity index (χ2v) is 4.42. The number of hydrogen-bond acceptors (Lipinski definition) is 2. The van der Waals surface area contributed by atoms with Gasteiger partial charge in [-0.1, -0.05) is 26.7 Å². The van der Waals surface area contributed by atoms with Gasteiger partial charge in [-0.2, -0.15) is 4.99 Å². The standard InChI is InChI=1S/C10H15N3O/c1-5-6-13-7(10(2,3)4)8(11)12-9(13)14/h1,7H,6H2,2-4H3,(H2,11,12,14). The molecule has 1 aliphatic heterocycles. The van der Waals surface area contributed by atoms with Crippen molar-refractivity contribution in [1.29, 1.82) is 0 Å². The molecule has 0 saturated carbocycles. The van der Waals surface area contributed by atoms with E-state index < -0.39 is 0 Å². The van der Waals surface area contributed by atoms with Crippen molar-refractivity contribution in [3.05, 3.63) is 0 Å². The van der Waals surface area contributed by atoms with E-state index in [9.17, 15) is 4.79 Å². The number of amides is 2. The molecule has 0 aromatic carbocycles. The van der Waals surface area contributed by atoms with Crippen molar-refractivity contribution >= 4 is 11.9 Å². The smallest absolute Gasteiger partial charge is 0.346 e. The molecule has 4 nitrogen and oxygen atoms in total. The Bertz CT molecular complexity index is 319. The van der Waals surface area contributed by atoms with Gasteiger partial charge in [-0.3, -0.25) is 0 Å². The van der Waals surface area contributed by atoms with Crippen LogP contribution in [-0.2, 0) is 0 Å². The molecule has 0 radical (unpaired) electrons. The Morgan fingerprint density at radius 2 is 2.21 bits per heavy atom. The SMILES string of the molecule is C#CCN1C(=O)N=C(N)C1C(C)(C)C. The number of urea groups is 1. The highest BCUT2D eigenvalue weighted by Gasteiger charge is 2.40. The number of aliphatic imine (C=N–C) groups is 1. The van der Waals surface area contributed by atoms with E-state index in [4.69, 9.17) is 12.2 Å². The lowest BCUT2D eigenvalue weighted by atomic mass is 9.85. The molecule has 2 amide bonds. The zero-order valence-electron chi connectivity index (χ0n) is 8.74. The van der Waals surface area contributed by atoms with Crippen LogP contribution in [0.1, 0.15) is 20.8 Å². The van der Waals surface area contributed by atoms with Gasteiger partial charge in [0.05, 0.1) is 12.6 Å². The van der Waals surface area contributed by atoms with Gasteiger partial charge in [0.15, 0.2) is 0 Å². The molecule has 4 heteroatoms. The van der Waals surface area contributed by atoms with Crippen LogP contribution in [0.5, 0.6) is 0 Å². The van der Waals surface area contributed by atoms with Crippen molar-refractivity contribution in [3.63, 3.8) is 0 Å². The molecule has 0 fully saturated rings. The molecular formula is C10H15N3O. The summed E-state index contributed by atoms with van der Waals surface area (Å²) in [7, 11) is 0. The van der Waals surface area contributed by atoms with Crippen molar-refractivity contribution in [2.45, 2.75) is 26.8 Å². The molecule has 0 aliphatic carbocycles. The van der Waals surface area contributed by atoms with Crippen LogP contribution in [-0.4, -0.2) is 29.4 Å². The lowest BCUT2D eigenvalue weighted by Crippen LogP contribution is -2.48. The summed E-state index contributed by atoms with van der Waals surface area (Å²) in [5.41, 5.74) is 5.55. The van der Waals surface area contributed by atoms with Crippen molar-refractivity contribution in [3.8, 4) is 12.3 Å². The van der Waals surface area contributed by atoms with Gasteiger partial charge in [0, 0.05) is 0 Å². The molecule has 0 saturated heterocycles. The maximum absolute atomic E-state index is 11.4. The number of nitrogens with zero attached hydrogens (tertiary/aromatic N) is 2. The molecule has 1 unspecified atom stereocenters. The first-order valence-corrected chi connectivity index (χ1v) is 4.46. The maximum atomic E-state index is 11.4. The normalized spacial score (nSPS) is 22.1. The van der Waals surface area contributed by atoms with Gasteiger partial charge in [0.2, 0.25) is 0 Å². The zero-order valence-corrected chi connectivity index (χ0v) is 8.74.